The molecule has 1 aliphatic rings. The zero-order valence-corrected chi connectivity index (χ0v) is 25.9. The lowest BCUT2D eigenvalue weighted by molar-refractivity contribution is 1.08. The summed E-state index contributed by atoms with van der Waals surface area (Å²) in [7, 11) is 6.05. The Bertz CT molecular complexity index is 2640. The van der Waals surface area contributed by atoms with E-state index < -0.39 is 0 Å². The molecule has 0 bridgehead atoms. The summed E-state index contributed by atoms with van der Waals surface area (Å²) in [5.41, 5.74) is 20.1. The van der Waals surface area contributed by atoms with Crippen LogP contribution < -0.4 is 5.46 Å². The molecule has 0 unspecified atom stereocenters. The molecule has 0 fully saturated rings. The van der Waals surface area contributed by atoms with E-state index in [2.05, 4.69) is 137 Å². The summed E-state index contributed by atoms with van der Waals surface area (Å²) in [4.78, 5) is 4.74. The van der Waals surface area contributed by atoms with E-state index in [0.717, 1.165) is 40.2 Å². The molecule has 2 radical (unpaired) electrons. The lowest BCUT2D eigenvalue weighted by Gasteiger charge is -2.13. The molecule has 0 amide bonds. The summed E-state index contributed by atoms with van der Waals surface area (Å²) in [6.07, 6.45) is 6.62. The lowest BCUT2D eigenvalue weighted by Crippen LogP contribution is -2.05. The van der Waals surface area contributed by atoms with E-state index in [-0.39, 0.29) is 0 Å². The second-order valence-corrected chi connectivity index (χ2v) is 12.2. The first kappa shape index (κ1) is 27.3. The molecule has 1 aliphatic carbocycles. The van der Waals surface area contributed by atoms with Gasteiger partial charge in [0.05, 0.1) is 22.2 Å². The van der Waals surface area contributed by atoms with Gasteiger partial charge in [0.1, 0.15) is 13.7 Å². The molecule has 0 saturated heterocycles. The molecule has 4 heteroatoms. The lowest BCUT2D eigenvalue weighted by atomic mass is 9.92. The number of fused-ring (bicyclic) bond motifs is 6. The van der Waals surface area contributed by atoms with Gasteiger partial charge in [-0.25, -0.2) is 4.98 Å². The van der Waals surface area contributed by atoms with Crippen molar-refractivity contribution in [2.45, 2.75) is 13.3 Å². The molecular formula is C43H28BN3. The number of aryl methyl sites for hydroxylation is 1. The fraction of sp³-hybridized carbons (Fsp3) is 0.0465. The van der Waals surface area contributed by atoms with Crippen molar-refractivity contribution < 1.29 is 0 Å². The van der Waals surface area contributed by atoms with E-state index in [0.29, 0.717) is 5.46 Å². The largest absolute Gasteiger partial charge is 0.309 e. The van der Waals surface area contributed by atoms with Gasteiger partial charge >= 0.3 is 0 Å². The normalized spacial score (nSPS) is 12.0. The van der Waals surface area contributed by atoms with Crippen molar-refractivity contribution in [3.63, 3.8) is 0 Å². The predicted octanol–water partition coefficient (Wildman–Crippen LogP) is 9.28. The molecule has 5 aromatic carbocycles. The van der Waals surface area contributed by atoms with Gasteiger partial charge in [0.2, 0.25) is 0 Å². The Balaban J connectivity index is 1.26. The van der Waals surface area contributed by atoms with Gasteiger partial charge in [0.25, 0.3) is 0 Å². The minimum absolute atomic E-state index is 0.645. The van der Waals surface area contributed by atoms with Crippen LogP contribution in [0.5, 0.6) is 0 Å². The number of hydrogen-bond donors (Lipinski definition) is 0. The average molecular weight is 598 g/mol. The van der Waals surface area contributed by atoms with Crippen molar-refractivity contribution in [2.24, 2.45) is 0 Å². The molecule has 9 rings (SSSR count). The average Bonchev–Trinajstić information content (AvgIpc) is 3.61. The fourth-order valence-electron chi connectivity index (χ4n) is 7.20. The molecule has 3 nitrogen and oxygen atoms in total. The van der Waals surface area contributed by atoms with Crippen molar-refractivity contribution >= 4 is 58.2 Å². The topological polar surface area (TPSA) is 22.8 Å². The third kappa shape index (κ3) is 4.43. The Morgan fingerprint density at radius 3 is 2.21 bits per heavy atom. The van der Waals surface area contributed by atoms with Gasteiger partial charge in [-0.05, 0) is 89.7 Å². The van der Waals surface area contributed by atoms with E-state index >= 15 is 0 Å². The van der Waals surface area contributed by atoms with Gasteiger partial charge in [-0.1, -0.05) is 95.8 Å². The van der Waals surface area contributed by atoms with E-state index in [1.54, 1.807) is 6.20 Å². The molecule has 3 aromatic heterocycles. The van der Waals surface area contributed by atoms with Gasteiger partial charge in [-0.15, -0.1) is 0 Å². The molecule has 0 atom stereocenters. The Morgan fingerprint density at radius 2 is 1.36 bits per heavy atom. The first-order valence-corrected chi connectivity index (χ1v) is 15.9. The van der Waals surface area contributed by atoms with Crippen LogP contribution in [0.4, 0.5) is 0 Å². The molecule has 0 spiro atoms. The second-order valence-electron chi connectivity index (χ2n) is 12.2. The standard InChI is InChI=1S/C43H28BN3/c1-28-10-2-4-12-33(28)34-13-5-3-11-30(34)24-29-18-21-41-37(25-29)38-26-32(20-22-42(38)47(41)43-23-19-31(44)27-45-43)46-39-16-8-6-14-35(39)36-15-7-9-17-40(36)46/h2-6,8,10-23,25-27H,24H2,1H3. The number of benzene rings is 5. The Hall–Kier alpha value is -6.05. The van der Waals surface area contributed by atoms with E-state index in [1.807, 2.05) is 24.3 Å². The summed E-state index contributed by atoms with van der Waals surface area (Å²) in [5, 5.41) is 3.56. The van der Waals surface area contributed by atoms with Crippen LogP contribution in [0, 0.1) is 6.92 Å². The maximum atomic E-state index is 6.05. The molecular weight excluding hydrogens is 569 g/mol. The highest BCUT2D eigenvalue weighted by molar-refractivity contribution is 6.32. The molecule has 0 aliphatic heterocycles. The Morgan fingerprint density at radius 1 is 0.638 bits per heavy atom. The quantitative estimate of drug-likeness (QED) is 0.143. The van der Waals surface area contributed by atoms with Gasteiger partial charge in [-0.2, -0.15) is 0 Å². The predicted molar refractivity (Wildman–Crippen MR) is 196 cm³/mol. The van der Waals surface area contributed by atoms with Crippen molar-refractivity contribution in [3.8, 4) is 22.6 Å². The van der Waals surface area contributed by atoms with Crippen molar-refractivity contribution in [1.29, 1.82) is 0 Å². The van der Waals surface area contributed by atoms with Crippen LogP contribution >= 0.6 is 0 Å². The van der Waals surface area contributed by atoms with Crippen LogP contribution in [0.3, 0.4) is 0 Å². The summed E-state index contributed by atoms with van der Waals surface area (Å²) in [5.74, 6) is 0.839. The maximum Gasteiger partial charge on any atom is 0.137 e. The molecule has 8 aromatic rings. The highest BCUT2D eigenvalue weighted by Gasteiger charge is 2.19. The van der Waals surface area contributed by atoms with Crippen molar-refractivity contribution in [1.82, 2.24) is 14.1 Å². The van der Waals surface area contributed by atoms with Crippen LogP contribution in [0.25, 0.3) is 67.5 Å². The van der Waals surface area contributed by atoms with Crippen LogP contribution in [0.2, 0.25) is 0 Å². The molecule has 218 valence electrons. The van der Waals surface area contributed by atoms with E-state index in [1.165, 1.54) is 49.5 Å². The minimum atomic E-state index is 0.645. The molecule has 47 heavy (non-hydrogen) atoms. The molecule has 0 saturated carbocycles. The monoisotopic (exact) mass is 597 g/mol. The Kier molecular flexibility index (Phi) is 6.26. The zero-order chi connectivity index (χ0) is 31.5. The van der Waals surface area contributed by atoms with Gasteiger partial charge in [-0.3, -0.25) is 4.57 Å². The maximum absolute atomic E-state index is 6.05. The number of aromatic nitrogens is 3. The van der Waals surface area contributed by atoms with Crippen LogP contribution in [-0.4, -0.2) is 22.0 Å². The van der Waals surface area contributed by atoms with Gasteiger partial charge in [0, 0.05) is 39.7 Å². The van der Waals surface area contributed by atoms with Crippen LogP contribution in [-0.2, 0) is 6.42 Å². The summed E-state index contributed by atoms with van der Waals surface area (Å²) < 4.78 is 4.58. The number of rotatable bonds is 5. The van der Waals surface area contributed by atoms with Crippen molar-refractivity contribution in [2.75, 3.05) is 0 Å². The first-order chi connectivity index (χ1) is 23.1. The van der Waals surface area contributed by atoms with Crippen LogP contribution in [0.15, 0.2) is 139 Å². The number of pyridine rings is 1. The highest BCUT2D eigenvalue weighted by Crippen LogP contribution is 2.38. The third-order valence-electron chi connectivity index (χ3n) is 9.38. The van der Waals surface area contributed by atoms with E-state index in [4.69, 9.17) is 12.8 Å². The molecule has 0 N–H and O–H groups in total. The van der Waals surface area contributed by atoms with Gasteiger partial charge < -0.3 is 4.57 Å². The zero-order valence-electron chi connectivity index (χ0n) is 25.9. The second kappa shape index (κ2) is 10.8. The number of hydrogen-bond acceptors (Lipinski definition) is 1. The fourth-order valence-corrected chi connectivity index (χ4v) is 7.20. The first-order valence-electron chi connectivity index (χ1n) is 15.9. The highest BCUT2D eigenvalue weighted by atomic mass is 15.1. The third-order valence-corrected chi connectivity index (χ3v) is 9.38. The van der Waals surface area contributed by atoms with Crippen molar-refractivity contribution in [3.05, 3.63) is 167 Å². The van der Waals surface area contributed by atoms with Crippen LogP contribution in [0.1, 0.15) is 27.9 Å². The summed E-state index contributed by atoms with van der Waals surface area (Å²) in [6, 6.07) is 43.5. The summed E-state index contributed by atoms with van der Waals surface area (Å²) in [6.45, 7) is 2.18. The molecule has 3 heterocycles. The minimum Gasteiger partial charge on any atom is -0.309 e. The SMILES string of the molecule is [B]c1ccc(-n2c3ccc(Cc4ccccc4-c4ccccc4C)cc3c3cc(-n4c5c(c6ccccc64)C=C=C=C5)ccc32)nc1. The summed E-state index contributed by atoms with van der Waals surface area (Å²) >= 11 is 0. The smallest absolute Gasteiger partial charge is 0.137 e. The Labute approximate surface area is 274 Å². The number of para-hydroxylation sites is 1. The van der Waals surface area contributed by atoms with Gasteiger partial charge in [0.15, 0.2) is 0 Å². The number of nitrogens with zero attached hydrogens (tertiary/aromatic N) is 3. The van der Waals surface area contributed by atoms with E-state index in [9.17, 15) is 0 Å².